The van der Waals surface area contributed by atoms with Gasteiger partial charge in [0.25, 0.3) is 0 Å². The highest BCUT2D eigenvalue weighted by Crippen LogP contribution is 2.35. The maximum atomic E-state index is 12.2. The molecule has 0 unspecified atom stereocenters. The molecule has 2 aliphatic rings. The quantitative estimate of drug-likeness (QED) is 0.309. The monoisotopic (exact) mass is 514 g/mol. The van der Waals surface area contributed by atoms with Gasteiger partial charge in [-0.2, -0.15) is 0 Å². The van der Waals surface area contributed by atoms with E-state index in [2.05, 4.69) is 30.8 Å². The number of nitrogens with zero attached hydrogens (tertiary/aromatic N) is 3. The van der Waals surface area contributed by atoms with Crippen LogP contribution in [0.25, 0.3) is 0 Å². The minimum absolute atomic E-state index is 0. The number of carbonyl (C=O) groups excluding carboxylic acids is 1. The summed E-state index contributed by atoms with van der Waals surface area (Å²) >= 11 is 0. The van der Waals surface area contributed by atoms with Crippen LogP contribution in [0.2, 0.25) is 0 Å². The molecule has 0 atom stereocenters. The molecule has 0 aromatic carbocycles. The molecule has 1 saturated carbocycles. The predicted molar refractivity (Wildman–Crippen MR) is 129 cm³/mol. The maximum Gasteiger partial charge on any atom is 0.243 e. The lowest BCUT2D eigenvalue weighted by Gasteiger charge is -2.48. The molecule has 3 N–H and O–H groups in total. The predicted octanol–water partition coefficient (Wildman–Crippen LogP) is 2.99. The highest BCUT2D eigenvalue weighted by Gasteiger charge is 2.38. The van der Waals surface area contributed by atoms with Crippen LogP contribution in [0.4, 0.5) is 5.69 Å². The number of pyridine rings is 1. The summed E-state index contributed by atoms with van der Waals surface area (Å²) in [7, 11) is 1.75. The van der Waals surface area contributed by atoms with Crippen molar-refractivity contribution in [3.63, 3.8) is 0 Å². The van der Waals surface area contributed by atoms with Crippen LogP contribution in [-0.2, 0) is 4.79 Å². The molecule has 7 nitrogen and oxygen atoms in total. The molecule has 3 rings (SSSR count). The number of nitrogens with one attached hydrogen (secondary N) is 3. The van der Waals surface area contributed by atoms with Gasteiger partial charge in [0.05, 0.1) is 18.4 Å². The molecular weight excluding hydrogens is 479 g/mol. The van der Waals surface area contributed by atoms with E-state index in [1.807, 2.05) is 6.07 Å². The highest BCUT2D eigenvalue weighted by atomic mass is 127. The van der Waals surface area contributed by atoms with Crippen molar-refractivity contribution in [2.75, 3.05) is 38.5 Å². The topological polar surface area (TPSA) is 81.6 Å². The van der Waals surface area contributed by atoms with Crippen molar-refractivity contribution < 1.29 is 4.79 Å². The van der Waals surface area contributed by atoms with Crippen molar-refractivity contribution in [3.8, 4) is 0 Å². The Bertz CT molecular complexity index is 642. The van der Waals surface area contributed by atoms with Crippen LogP contribution in [0, 0.1) is 0 Å². The van der Waals surface area contributed by atoms with Gasteiger partial charge in [-0.05, 0) is 50.9 Å². The lowest BCUT2D eigenvalue weighted by atomic mass is 9.79. The highest BCUT2D eigenvalue weighted by molar-refractivity contribution is 14.0. The molecule has 29 heavy (non-hydrogen) atoms. The van der Waals surface area contributed by atoms with Gasteiger partial charge >= 0.3 is 0 Å². The van der Waals surface area contributed by atoms with E-state index in [0.717, 1.165) is 6.54 Å². The largest absolute Gasteiger partial charge is 0.355 e. The Hall–Kier alpha value is -1.42. The summed E-state index contributed by atoms with van der Waals surface area (Å²) in [5.41, 5.74) is 0.928. The summed E-state index contributed by atoms with van der Waals surface area (Å²) in [6, 6.07) is 3.62. The van der Waals surface area contributed by atoms with Crippen molar-refractivity contribution in [2.45, 2.75) is 56.9 Å². The van der Waals surface area contributed by atoms with E-state index in [9.17, 15) is 4.79 Å². The van der Waals surface area contributed by atoms with Gasteiger partial charge in [-0.1, -0.05) is 25.7 Å². The fraction of sp³-hybridized carbons (Fsp3) is 0.667. The summed E-state index contributed by atoms with van der Waals surface area (Å²) < 4.78 is 0. The second kappa shape index (κ2) is 12.3. The van der Waals surface area contributed by atoms with Crippen molar-refractivity contribution in [1.82, 2.24) is 20.5 Å². The molecule has 2 fully saturated rings. The van der Waals surface area contributed by atoms with Crippen LogP contribution in [0.5, 0.6) is 0 Å². The van der Waals surface area contributed by atoms with Crippen molar-refractivity contribution in [3.05, 3.63) is 24.5 Å². The average Bonchev–Trinajstić information content (AvgIpc) is 2.76. The zero-order valence-corrected chi connectivity index (χ0v) is 19.8. The Morgan fingerprint density at radius 3 is 2.52 bits per heavy atom. The molecular formula is C21H35IN6O. The van der Waals surface area contributed by atoms with E-state index in [0.29, 0.717) is 11.6 Å². The fourth-order valence-corrected chi connectivity index (χ4v) is 4.46. The zero-order chi connectivity index (χ0) is 19.7. The molecule has 0 radical (unpaired) electrons. The van der Waals surface area contributed by atoms with Crippen molar-refractivity contribution in [2.24, 2.45) is 4.99 Å². The summed E-state index contributed by atoms with van der Waals surface area (Å²) in [4.78, 5) is 23.2. The lowest BCUT2D eigenvalue weighted by Crippen LogP contribution is -2.59. The van der Waals surface area contributed by atoms with Crippen LogP contribution < -0.4 is 16.0 Å². The fourth-order valence-electron chi connectivity index (χ4n) is 4.46. The minimum atomic E-state index is -0.112. The van der Waals surface area contributed by atoms with E-state index >= 15 is 0 Å². The van der Waals surface area contributed by atoms with E-state index in [4.69, 9.17) is 0 Å². The molecule has 1 aliphatic heterocycles. The Kier molecular flexibility index (Phi) is 10.1. The van der Waals surface area contributed by atoms with Crippen LogP contribution in [-0.4, -0.2) is 60.5 Å². The molecule has 2 heterocycles. The van der Waals surface area contributed by atoms with Gasteiger partial charge in [-0.25, -0.2) is 0 Å². The summed E-state index contributed by atoms with van der Waals surface area (Å²) in [5, 5.41) is 9.47. The van der Waals surface area contributed by atoms with Gasteiger partial charge < -0.3 is 16.0 Å². The van der Waals surface area contributed by atoms with E-state index < -0.39 is 0 Å². The molecule has 8 heteroatoms. The standard InChI is InChI=1S/C21H34N6O.HI/c1-22-20(24-16-19(28)26-18-9-8-12-23-15-18)25-17-21(10-4-2-5-11-21)27-13-6-3-7-14-27;/h8-9,12,15H,2-7,10-11,13-14,16-17H2,1H3,(H,26,28)(H2,22,24,25);1H. The van der Waals surface area contributed by atoms with Gasteiger partial charge in [0.2, 0.25) is 5.91 Å². The Balaban J connectivity index is 0.00000300. The molecule has 0 bridgehead atoms. The number of amides is 1. The average molecular weight is 514 g/mol. The van der Waals surface area contributed by atoms with Crippen LogP contribution in [0.1, 0.15) is 51.4 Å². The van der Waals surface area contributed by atoms with E-state index in [-0.39, 0.29) is 42.0 Å². The number of likely N-dealkylation sites (tertiary alicyclic amines) is 1. The van der Waals surface area contributed by atoms with Gasteiger partial charge in [-0.3, -0.25) is 19.7 Å². The number of aromatic nitrogens is 1. The summed E-state index contributed by atoms with van der Waals surface area (Å²) in [6.45, 7) is 3.48. The molecule has 1 aliphatic carbocycles. The molecule has 1 amide bonds. The number of piperidine rings is 1. The number of anilines is 1. The second-order valence-corrected chi connectivity index (χ2v) is 7.90. The third-order valence-corrected chi connectivity index (χ3v) is 5.98. The molecule has 162 valence electrons. The number of hydrogen-bond acceptors (Lipinski definition) is 4. The minimum Gasteiger partial charge on any atom is -0.355 e. The molecule has 1 aromatic heterocycles. The zero-order valence-electron chi connectivity index (χ0n) is 17.5. The van der Waals surface area contributed by atoms with E-state index in [1.165, 1.54) is 64.5 Å². The summed E-state index contributed by atoms with van der Waals surface area (Å²) in [5.74, 6) is 0.572. The van der Waals surface area contributed by atoms with Crippen molar-refractivity contribution in [1.29, 1.82) is 0 Å². The van der Waals surface area contributed by atoms with Crippen molar-refractivity contribution >= 4 is 41.5 Å². The first kappa shape index (κ1) is 23.9. The van der Waals surface area contributed by atoms with Gasteiger partial charge in [0.1, 0.15) is 0 Å². The lowest BCUT2D eigenvalue weighted by molar-refractivity contribution is -0.115. The second-order valence-electron chi connectivity index (χ2n) is 7.90. The number of rotatable bonds is 6. The molecule has 1 aromatic rings. The smallest absolute Gasteiger partial charge is 0.243 e. The maximum absolute atomic E-state index is 12.2. The Morgan fingerprint density at radius 2 is 1.86 bits per heavy atom. The van der Waals surface area contributed by atoms with E-state index in [1.54, 1.807) is 25.5 Å². The van der Waals surface area contributed by atoms with Gasteiger partial charge in [-0.15, -0.1) is 24.0 Å². The van der Waals surface area contributed by atoms with Crippen LogP contribution in [0.3, 0.4) is 0 Å². The van der Waals surface area contributed by atoms with Gasteiger partial charge in [0, 0.05) is 25.3 Å². The third-order valence-electron chi connectivity index (χ3n) is 5.98. The number of hydrogen-bond donors (Lipinski definition) is 3. The van der Waals surface area contributed by atoms with Crippen LogP contribution in [0.15, 0.2) is 29.5 Å². The number of guanidine groups is 1. The number of halogens is 1. The first-order valence-electron chi connectivity index (χ1n) is 10.6. The number of carbonyl (C=O) groups is 1. The SMILES string of the molecule is CN=C(NCC(=O)Nc1cccnc1)NCC1(N2CCCCC2)CCCCC1.I. The molecule has 1 saturated heterocycles. The number of aliphatic imine (C=N–C) groups is 1. The normalized spacial score (nSPS) is 19.7. The van der Waals surface area contributed by atoms with Gasteiger partial charge in [0.15, 0.2) is 5.96 Å². The van der Waals surface area contributed by atoms with Crippen LogP contribution >= 0.6 is 24.0 Å². The molecule has 0 spiro atoms. The Labute approximate surface area is 191 Å². The first-order chi connectivity index (χ1) is 13.7. The summed E-state index contributed by atoms with van der Waals surface area (Å²) in [6.07, 6.45) is 13.7. The third kappa shape index (κ3) is 7.09. The Morgan fingerprint density at radius 1 is 1.14 bits per heavy atom. The first-order valence-corrected chi connectivity index (χ1v) is 10.6.